The van der Waals surface area contributed by atoms with Crippen LogP contribution in [0.4, 0.5) is 0 Å². The van der Waals surface area contributed by atoms with Crippen LogP contribution in [0.3, 0.4) is 0 Å². The fourth-order valence-electron chi connectivity index (χ4n) is 2.42. The third-order valence-electron chi connectivity index (χ3n) is 3.67. The Kier molecular flexibility index (Phi) is 8.96. The Morgan fingerprint density at radius 1 is 0.929 bits per heavy atom. The first-order chi connectivity index (χ1) is 12.7. The molecule has 152 valence electrons. The van der Waals surface area contributed by atoms with Crippen molar-refractivity contribution in [3.8, 4) is 5.75 Å². The quantitative estimate of drug-likeness (QED) is 0.574. The van der Waals surface area contributed by atoms with Crippen LogP contribution in [0, 0.1) is 0 Å². The largest absolute Gasteiger partial charge is 1.00 e. The van der Waals surface area contributed by atoms with E-state index >= 15 is 0 Å². The van der Waals surface area contributed by atoms with Gasteiger partial charge in [-0.1, -0.05) is 24.3 Å². The van der Waals surface area contributed by atoms with E-state index in [0.29, 0.717) is 18.8 Å². The first-order valence-electron chi connectivity index (χ1n) is 8.79. The second kappa shape index (κ2) is 10.7. The number of ether oxygens (including phenoxy) is 1. The van der Waals surface area contributed by atoms with Gasteiger partial charge in [-0.3, -0.25) is 4.79 Å². The smallest absolute Gasteiger partial charge is 0.335 e. The van der Waals surface area contributed by atoms with Crippen molar-refractivity contribution in [1.82, 2.24) is 10.6 Å². The number of carbonyl (C=O) groups excluding carboxylic acids is 1. The number of rotatable bonds is 8. The van der Waals surface area contributed by atoms with Gasteiger partial charge in [0, 0.05) is 18.6 Å². The fourth-order valence-corrected chi connectivity index (χ4v) is 2.42. The lowest BCUT2D eigenvalue weighted by atomic mass is 10.1. The number of nitrogens with one attached hydrogen (secondary N) is 2. The van der Waals surface area contributed by atoms with Crippen molar-refractivity contribution in [2.24, 2.45) is 0 Å². The number of aromatic carboxylic acids is 1. The Bertz CT molecular complexity index is 768. The average Bonchev–Trinajstić information content (AvgIpc) is 2.60. The van der Waals surface area contributed by atoms with Gasteiger partial charge in [0.1, 0.15) is 5.75 Å². The summed E-state index contributed by atoms with van der Waals surface area (Å²) in [5, 5.41) is 15.1. The van der Waals surface area contributed by atoms with Crippen LogP contribution in [-0.2, 0) is 17.9 Å². The second-order valence-corrected chi connectivity index (χ2v) is 7.34. The van der Waals surface area contributed by atoms with Gasteiger partial charge in [0.15, 0.2) is 6.61 Å². The summed E-state index contributed by atoms with van der Waals surface area (Å²) in [5.41, 5.74) is 2.11. The van der Waals surface area contributed by atoms with Gasteiger partial charge in [-0.2, -0.15) is 0 Å². The molecule has 0 saturated heterocycles. The van der Waals surface area contributed by atoms with Crippen molar-refractivity contribution >= 4 is 11.9 Å². The van der Waals surface area contributed by atoms with E-state index in [1.807, 2.05) is 45.0 Å². The van der Waals surface area contributed by atoms with Crippen LogP contribution in [0.2, 0.25) is 0 Å². The first kappa shape index (κ1) is 23.5. The second-order valence-electron chi connectivity index (χ2n) is 7.34. The molecule has 3 N–H and O–H groups in total. The molecule has 0 heterocycles. The molecule has 7 heteroatoms. The number of carboxylic acids is 1. The molecule has 0 aliphatic rings. The van der Waals surface area contributed by atoms with Crippen LogP contribution >= 0.6 is 0 Å². The lowest BCUT2D eigenvalue weighted by molar-refractivity contribution is -0.124. The van der Waals surface area contributed by atoms with Gasteiger partial charge in [0.25, 0.3) is 5.91 Å². The average molecular weight is 406 g/mol. The van der Waals surface area contributed by atoms with Gasteiger partial charge in [-0.15, -0.1) is 0 Å². The summed E-state index contributed by atoms with van der Waals surface area (Å²) in [5.74, 6) is -0.429. The third-order valence-corrected chi connectivity index (χ3v) is 3.67. The maximum atomic E-state index is 11.8. The Hall–Kier alpha value is -2.57. The van der Waals surface area contributed by atoms with Crippen LogP contribution in [0.15, 0.2) is 48.5 Å². The SMILES string of the molecule is CC(C)(C)NC(=O)COc1ccc(CNCc2ccc(C(=O)O)cc2)cc1.[Cl-]. The van der Waals surface area contributed by atoms with E-state index in [-0.39, 0.29) is 36.0 Å². The van der Waals surface area contributed by atoms with Crippen molar-refractivity contribution in [3.05, 3.63) is 65.2 Å². The van der Waals surface area contributed by atoms with Crippen molar-refractivity contribution in [3.63, 3.8) is 0 Å². The number of carboxylic acid groups (broad SMARTS) is 1. The zero-order valence-corrected chi connectivity index (χ0v) is 17.0. The van der Waals surface area contributed by atoms with Crippen LogP contribution in [0.25, 0.3) is 0 Å². The summed E-state index contributed by atoms with van der Waals surface area (Å²) in [7, 11) is 0. The number of benzene rings is 2. The molecule has 0 spiro atoms. The molecule has 28 heavy (non-hydrogen) atoms. The van der Waals surface area contributed by atoms with Gasteiger partial charge >= 0.3 is 5.97 Å². The maximum Gasteiger partial charge on any atom is 0.335 e. The van der Waals surface area contributed by atoms with Crippen LogP contribution < -0.4 is 27.8 Å². The molecule has 0 aromatic heterocycles. The normalized spacial score (nSPS) is 10.7. The van der Waals surface area contributed by atoms with Gasteiger partial charge in [-0.05, 0) is 56.2 Å². The minimum atomic E-state index is -0.923. The minimum absolute atomic E-state index is 0. The highest BCUT2D eigenvalue weighted by Gasteiger charge is 2.13. The number of amides is 1. The summed E-state index contributed by atoms with van der Waals surface area (Å²) >= 11 is 0. The molecule has 2 aromatic rings. The number of carbonyl (C=O) groups is 2. The topological polar surface area (TPSA) is 87.7 Å². The van der Waals surface area contributed by atoms with Gasteiger partial charge in [0.2, 0.25) is 0 Å². The highest BCUT2D eigenvalue weighted by atomic mass is 35.5. The van der Waals surface area contributed by atoms with E-state index in [4.69, 9.17) is 9.84 Å². The van der Waals surface area contributed by atoms with E-state index in [0.717, 1.165) is 11.1 Å². The van der Waals surface area contributed by atoms with E-state index < -0.39 is 5.97 Å². The lowest BCUT2D eigenvalue weighted by Gasteiger charge is -2.20. The first-order valence-corrected chi connectivity index (χ1v) is 8.79. The zero-order valence-electron chi connectivity index (χ0n) is 16.3. The predicted octanol–water partition coefficient (Wildman–Crippen LogP) is -0.0279. The standard InChI is InChI=1S/C21H26N2O4.ClH/c1-21(2,3)23-19(24)14-27-18-10-6-16(7-11-18)13-22-12-15-4-8-17(9-5-15)20(25)26;/h4-11,22H,12-14H2,1-3H3,(H,23,24)(H,25,26);1H/p-1. The number of hydrogen-bond acceptors (Lipinski definition) is 4. The number of halogens is 1. The molecule has 0 fully saturated rings. The monoisotopic (exact) mass is 405 g/mol. The van der Waals surface area contributed by atoms with Crippen LogP contribution in [-0.4, -0.2) is 29.1 Å². The molecule has 0 aliphatic carbocycles. The van der Waals surface area contributed by atoms with Crippen LogP contribution in [0.5, 0.6) is 5.75 Å². The Morgan fingerprint density at radius 3 is 1.89 bits per heavy atom. The fraction of sp³-hybridized carbons (Fsp3) is 0.333. The molecule has 0 aliphatic heterocycles. The summed E-state index contributed by atoms with van der Waals surface area (Å²) in [4.78, 5) is 22.6. The van der Waals surface area contributed by atoms with E-state index in [1.54, 1.807) is 24.3 Å². The number of hydrogen-bond donors (Lipinski definition) is 3. The molecule has 0 saturated carbocycles. The van der Waals surface area contributed by atoms with Crippen molar-refractivity contribution in [2.45, 2.75) is 39.4 Å². The Balaban J connectivity index is 0.00000392. The molecule has 6 nitrogen and oxygen atoms in total. The lowest BCUT2D eigenvalue weighted by Crippen LogP contribution is -3.00. The maximum absolute atomic E-state index is 11.8. The zero-order chi connectivity index (χ0) is 19.9. The van der Waals surface area contributed by atoms with Crippen molar-refractivity contribution < 1.29 is 31.8 Å². The summed E-state index contributed by atoms with van der Waals surface area (Å²) in [6.07, 6.45) is 0. The van der Waals surface area contributed by atoms with Crippen molar-refractivity contribution in [2.75, 3.05) is 6.61 Å². The molecule has 0 unspecified atom stereocenters. The summed E-state index contributed by atoms with van der Waals surface area (Å²) < 4.78 is 5.49. The van der Waals surface area contributed by atoms with E-state index in [1.165, 1.54) is 0 Å². The highest BCUT2D eigenvalue weighted by molar-refractivity contribution is 5.87. The minimum Gasteiger partial charge on any atom is -1.00 e. The summed E-state index contributed by atoms with van der Waals surface area (Å²) in [6, 6.07) is 14.4. The van der Waals surface area contributed by atoms with Gasteiger partial charge < -0.3 is 32.9 Å². The Morgan fingerprint density at radius 2 is 1.43 bits per heavy atom. The molecule has 2 rings (SSSR count). The Labute approximate surface area is 171 Å². The van der Waals surface area contributed by atoms with Gasteiger partial charge in [0.05, 0.1) is 5.56 Å². The molecule has 2 aromatic carbocycles. The predicted molar refractivity (Wildman–Crippen MR) is 104 cm³/mol. The highest BCUT2D eigenvalue weighted by Crippen LogP contribution is 2.12. The molecule has 0 bridgehead atoms. The molecule has 1 amide bonds. The third kappa shape index (κ3) is 8.41. The molecule has 0 radical (unpaired) electrons. The van der Waals surface area contributed by atoms with Gasteiger partial charge in [-0.25, -0.2) is 4.79 Å². The van der Waals surface area contributed by atoms with E-state index in [9.17, 15) is 9.59 Å². The molecular formula is C21H26ClN2O4-. The molecular weight excluding hydrogens is 380 g/mol. The summed E-state index contributed by atoms with van der Waals surface area (Å²) in [6.45, 7) is 7.07. The van der Waals surface area contributed by atoms with E-state index in [2.05, 4.69) is 10.6 Å². The van der Waals surface area contributed by atoms with Crippen LogP contribution in [0.1, 0.15) is 42.3 Å². The molecule has 0 atom stereocenters. The van der Waals surface area contributed by atoms with Crippen molar-refractivity contribution in [1.29, 1.82) is 0 Å².